The van der Waals surface area contributed by atoms with Crippen LogP contribution in [-0.2, 0) is 6.54 Å². The molecular weight excluding hydrogens is 248 g/mol. The molecule has 3 nitrogen and oxygen atoms in total. The number of hydrogen-bond donors (Lipinski definition) is 1. The van der Waals surface area contributed by atoms with E-state index in [1.54, 1.807) is 7.11 Å². The summed E-state index contributed by atoms with van der Waals surface area (Å²) in [4.78, 5) is 2.54. The Morgan fingerprint density at radius 3 is 2.75 bits per heavy atom. The topological polar surface area (TPSA) is 24.5 Å². The second-order valence-corrected chi connectivity index (χ2v) is 5.35. The van der Waals surface area contributed by atoms with Gasteiger partial charge in [-0.2, -0.15) is 0 Å². The summed E-state index contributed by atoms with van der Waals surface area (Å²) < 4.78 is 5.47. The Labute approximate surface area is 120 Å². The highest BCUT2D eigenvalue weighted by atomic mass is 16.5. The summed E-state index contributed by atoms with van der Waals surface area (Å²) >= 11 is 0. The van der Waals surface area contributed by atoms with E-state index in [-0.39, 0.29) is 0 Å². The molecule has 1 heterocycles. The van der Waals surface area contributed by atoms with Crippen LogP contribution >= 0.6 is 0 Å². The second-order valence-electron chi connectivity index (χ2n) is 5.35. The van der Waals surface area contributed by atoms with Crippen molar-refractivity contribution in [2.45, 2.75) is 13.0 Å². The number of rotatable bonds is 3. The fourth-order valence-corrected chi connectivity index (χ4v) is 2.95. The van der Waals surface area contributed by atoms with Gasteiger partial charge in [0.15, 0.2) is 0 Å². The highest BCUT2D eigenvalue weighted by Crippen LogP contribution is 2.29. The molecule has 1 aliphatic rings. The molecule has 0 unspecified atom stereocenters. The van der Waals surface area contributed by atoms with Gasteiger partial charge in [-0.15, -0.1) is 0 Å². The van der Waals surface area contributed by atoms with Crippen LogP contribution in [0.2, 0.25) is 0 Å². The molecule has 1 saturated heterocycles. The first-order valence-electron chi connectivity index (χ1n) is 7.36. The summed E-state index contributed by atoms with van der Waals surface area (Å²) in [5, 5.41) is 5.97. The number of methoxy groups -OCH3 is 1. The van der Waals surface area contributed by atoms with Gasteiger partial charge in [-0.3, -0.25) is 4.90 Å². The highest BCUT2D eigenvalue weighted by Gasteiger charge is 2.12. The Bertz CT molecular complexity index is 574. The van der Waals surface area contributed by atoms with Gasteiger partial charge < -0.3 is 10.1 Å². The fourth-order valence-electron chi connectivity index (χ4n) is 2.95. The molecule has 1 aliphatic heterocycles. The van der Waals surface area contributed by atoms with E-state index in [1.165, 1.54) is 29.3 Å². The van der Waals surface area contributed by atoms with Crippen molar-refractivity contribution < 1.29 is 4.74 Å². The number of hydrogen-bond acceptors (Lipinski definition) is 3. The van der Waals surface area contributed by atoms with E-state index in [0.717, 1.165) is 31.9 Å². The molecule has 0 bridgehead atoms. The Morgan fingerprint density at radius 2 is 1.90 bits per heavy atom. The third-order valence-corrected chi connectivity index (χ3v) is 4.02. The van der Waals surface area contributed by atoms with Crippen LogP contribution < -0.4 is 10.1 Å². The molecule has 0 spiro atoms. The quantitative estimate of drug-likeness (QED) is 0.928. The van der Waals surface area contributed by atoms with Gasteiger partial charge in [-0.05, 0) is 36.5 Å². The van der Waals surface area contributed by atoms with Crippen molar-refractivity contribution in [3.05, 3.63) is 42.0 Å². The lowest BCUT2D eigenvalue weighted by Gasteiger charge is -2.21. The fraction of sp³-hybridized carbons (Fsp3) is 0.412. The summed E-state index contributed by atoms with van der Waals surface area (Å²) in [5.41, 5.74) is 1.39. The predicted octanol–water partition coefficient (Wildman–Crippen LogP) is 2.64. The van der Waals surface area contributed by atoms with Crippen LogP contribution in [-0.4, -0.2) is 38.2 Å². The smallest absolute Gasteiger partial charge is 0.126 e. The van der Waals surface area contributed by atoms with E-state index in [2.05, 4.69) is 46.6 Å². The Kier molecular flexibility index (Phi) is 4.19. The third-order valence-electron chi connectivity index (χ3n) is 4.02. The average molecular weight is 270 g/mol. The van der Waals surface area contributed by atoms with Crippen molar-refractivity contribution in [3.63, 3.8) is 0 Å². The standard InChI is InChI=1S/C17H22N2O/c1-20-17-8-7-14(15-5-2-3-6-16(15)17)13-19-11-4-9-18-10-12-19/h2-3,5-8,18H,4,9-13H2,1H3. The van der Waals surface area contributed by atoms with Crippen molar-refractivity contribution in [1.29, 1.82) is 0 Å². The lowest BCUT2D eigenvalue weighted by molar-refractivity contribution is 0.285. The SMILES string of the molecule is COc1ccc(CN2CCCNCC2)c2ccccc12. The predicted molar refractivity (Wildman–Crippen MR) is 83.3 cm³/mol. The highest BCUT2D eigenvalue weighted by molar-refractivity contribution is 5.91. The first-order chi connectivity index (χ1) is 9.88. The van der Waals surface area contributed by atoms with Crippen LogP contribution in [0.4, 0.5) is 0 Å². The van der Waals surface area contributed by atoms with Gasteiger partial charge >= 0.3 is 0 Å². The first-order valence-corrected chi connectivity index (χ1v) is 7.36. The van der Waals surface area contributed by atoms with Crippen LogP contribution in [0, 0.1) is 0 Å². The van der Waals surface area contributed by atoms with Gasteiger partial charge in [0.2, 0.25) is 0 Å². The van der Waals surface area contributed by atoms with Crippen LogP contribution in [0.3, 0.4) is 0 Å². The molecule has 1 N–H and O–H groups in total. The lowest BCUT2D eigenvalue weighted by Crippen LogP contribution is -2.27. The number of nitrogens with one attached hydrogen (secondary N) is 1. The summed E-state index contributed by atoms with van der Waals surface area (Å²) in [5.74, 6) is 0.960. The molecule has 2 aromatic rings. The minimum absolute atomic E-state index is 0.960. The van der Waals surface area contributed by atoms with Crippen molar-refractivity contribution >= 4 is 10.8 Å². The molecule has 0 saturated carbocycles. The normalized spacial score (nSPS) is 17.1. The van der Waals surface area contributed by atoms with Gasteiger partial charge in [-0.25, -0.2) is 0 Å². The van der Waals surface area contributed by atoms with Crippen LogP contribution in [0.1, 0.15) is 12.0 Å². The Hall–Kier alpha value is -1.58. The van der Waals surface area contributed by atoms with E-state index < -0.39 is 0 Å². The van der Waals surface area contributed by atoms with Gasteiger partial charge in [0.1, 0.15) is 5.75 Å². The zero-order valence-electron chi connectivity index (χ0n) is 12.1. The molecule has 0 radical (unpaired) electrons. The second kappa shape index (κ2) is 6.25. The van der Waals surface area contributed by atoms with E-state index in [4.69, 9.17) is 4.74 Å². The molecule has 3 heteroatoms. The van der Waals surface area contributed by atoms with Gasteiger partial charge in [0.25, 0.3) is 0 Å². The zero-order valence-corrected chi connectivity index (χ0v) is 12.1. The number of nitrogens with zero attached hydrogens (tertiary/aromatic N) is 1. The van der Waals surface area contributed by atoms with Crippen molar-refractivity contribution in [3.8, 4) is 5.75 Å². The first kappa shape index (κ1) is 13.4. The molecular formula is C17H22N2O. The van der Waals surface area contributed by atoms with E-state index in [0.29, 0.717) is 0 Å². The summed E-state index contributed by atoms with van der Waals surface area (Å²) in [7, 11) is 1.74. The molecule has 106 valence electrons. The van der Waals surface area contributed by atoms with Crippen LogP contribution in [0.5, 0.6) is 5.75 Å². The molecule has 0 aromatic heterocycles. The van der Waals surface area contributed by atoms with Crippen molar-refractivity contribution in [2.24, 2.45) is 0 Å². The van der Waals surface area contributed by atoms with E-state index >= 15 is 0 Å². The maximum absolute atomic E-state index is 5.47. The molecule has 0 amide bonds. The number of fused-ring (bicyclic) bond motifs is 1. The molecule has 0 aliphatic carbocycles. The van der Waals surface area contributed by atoms with Gasteiger partial charge in [0, 0.05) is 25.0 Å². The third kappa shape index (κ3) is 2.79. The molecule has 20 heavy (non-hydrogen) atoms. The van der Waals surface area contributed by atoms with Crippen molar-refractivity contribution in [2.75, 3.05) is 33.3 Å². The van der Waals surface area contributed by atoms with E-state index in [1.807, 2.05) is 0 Å². The molecule has 3 rings (SSSR count). The minimum atomic E-state index is 0.960. The molecule has 1 fully saturated rings. The summed E-state index contributed by atoms with van der Waals surface area (Å²) in [6.07, 6.45) is 1.23. The number of ether oxygens (including phenoxy) is 1. The van der Waals surface area contributed by atoms with Gasteiger partial charge in [0.05, 0.1) is 7.11 Å². The molecule has 0 atom stereocenters. The Balaban J connectivity index is 1.91. The summed E-state index contributed by atoms with van der Waals surface area (Å²) in [6, 6.07) is 12.8. The Morgan fingerprint density at radius 1 is 1.05 bits per heavy atom. The largest absolute Gasteiger partial charge is 0.496 e. The average Bonchev–Trinajstić information content (AvgIpc) is 2.76. The van der Waals surface area contributed by atoms with Crippen LogP contribution in [0.15, 0.2) is 36.4 Å². The van der Waals surface area contributed by atoms with Crippen molar-refractivity contribution in [1.82, 2.24) is 10.2 Å². The van der Waals surface area contributed by atoms with E-state index in [9.17, 15) is 0 Å². The zero-order chi connectivity index (χ0) is 13.8. The minimum Gasteiger partial charge on any atom is -0.496 e. The maximum Gasteiger partial charge on any atom is 0.126 e. The molecule has 2 aromatic carbocycles. The monoisotopic (exact) mass is 270 g/mol. The van der Waals surface area contributed by atoms with Crippen LogP contribution in [0.25, 0.3) is 10.8 Å². The lowest BCUT2D eigenvalue weighted by atomic mass is 10.0. The van der Waals surface area contributed by atoms with Gasteiger partial charge in [-0.1, -0.05) is 30.3 Å². The number of benzene rings is 2. The summed E-state index contributed by atoms with van der Waals surface area (Å²) in [6.45, 7) is 5.55. The maximum atomic E-state index is 5.47.